The maximum absolute atomic E-state index is 10.1. The topological polar surface area (TPSA) is 36.0 Å². The minimum Gasteiger partial charge on any atom is -0.396 e. The first-order valence-corrected chi connectivity index (χ1v) is 8.87. The SMILES string of the molecule is C/C=C1/C[N+]2(C)[C@@H]3C[C@@H]1C(CO)[C@H]2Cc1c3[nH]c2ccccc12. The second-order valence-electron chi connectivity index (χ2n) is 7.91. The molecule has 0 spiro atoms. The van der Waals surface area contributed by atoms with Crippen molar-refractivity contribution in [1.82, 2.24) is 4.98 Å². The van der Waals surface area contributed by atoms with E-state index < -0.39 is 0 Å². The normalized spacial score (nSPS) is 39.9. The van der Waals surface area contributed by atoms with Crippen LogP contribution in [0.25, 0.3) is 10.9 Å². The second kappa shape index (κ2) is 4.49. The molecule has 120 valence electrons. The van der Waals surface area contributed by atoms with Crippen molar-refractivity contribution in [2.45, 2.75) is 31.8 Å². The molecule has 4 aliphatic rings. The average Bonchev–Trinajstić information content (AvgIpc) is 2.92. The van der Waals surface area contributed by atoms with E-state index >= 15 is 0 Å². The van der Waals surface area contributed by atoms with Crippen LogP contribution in [0.2, 0.25) is 0 Å². The van der Waals surface area contributed by atoms with E-state index in [-0.39, 0.29) is 0 Å². The lowest BCUT2D eigenvalue weighted by atomic mass is 9.62. The molecule has 3 heteroatoms. The summed E-state index contributed by atoms with van der Waals surface area (Å²) in [5.74, 6) is 0.984. The van der Waals surface area contributed by atoms with E-state index in [2.05, 4.69) is 49.3 Å². The van der Waals surface area contributed by atoms with Crippen molar-refractivity contribution >= 4 is 10.9 Å². The van der Waals surface area contributed by atoms with Crippen LogP contribution in [-0.4, -0.2) is 40.8 Å². The molecule has 1 aromatic heterocycles. The molecule has 6 rings (SSSR count). The third-order valence-electron chi connectivity index (χ3n) is 7.13. The summed E-state index contributed by atoms with van der Waals surface area (Å²) in [6.45, 7) is 3.65. The van der Waals surface area contributed by atoms with E-state index in [4.69, 9.17) is 0 Å². The predicted molar refractivity (Wildman–Crippen MR) is 92.0 cm³/mol. The van der Waals surface area contributed by atoms with Crippen LogP contribution in [0.5, 0.6) is 0 Å². The monoisotopic (exact) mass is 309 g/mol. The number of piperidine rings is 3. The fourth-order valence-corrected chi connectivity index (χ4v) is 6.02. The maximum Gasteiger partial charge on any atom is 0.131 e. The first-order valence-electron chi connectivity index (χ1n) is 8.87. The molecule has 5 atom stereocenters. The van der Waals surface area contributed by atoms with Gasteiger partial charge in [0.15, 0.2) is 0 Å². The fourth-order valence-electron chi connectivity index (χ4n) is 6.02. The van der Waals surface area contributed by atoms with E-state index in [9.17, 15) is 5.11 Å². The smallest absolute Gasteiger partial charge is 0.131 e. The van der Waals surface area contributed by atoms with Gasteiger partial charge in [-0.25, -0.2) is 0 Å². The fraction of sp³-hybridized carbons (Fsp3) is 0.500. The second-order valence-corrected chi connectivity index (χ2v) is 7.91. The number of H-pyrrole nitrogens is 1. The number of aliphatic hydroxyl groups excluding tert-OH is 1. The van der Waals surface area contributed by atoms with E-state index in [1.54, 1.807) is 5.57 Å². The lowest BCUT2D eigenvalue weighted by molar-refractivity contribution is -0.978. The van der Waals surface area contributed by atoms with Crippen LogP contribution in [0, 0.1) is 11.8 Å². The van der Waals surface area contributed by atoms with Gasteiger partial charge in [-0.1, -0.05) is 24.3 Å². The zero-order chi connectivity index (χ0) is 15.8. The van der Waals surface area contributed by atoms with Gasteiger partial charge < -0.3 is 14.6 Å². The van der Waals surface area contributed by atoms with Gasteiger partial charge in [0.25, 0.3) is 0 Å². The zero-order valence-corrected chi connectivity index (χ0v) is 13.9. The van der Waals surface area contributed by atoms with Crippen molar-refractivity contribution < 1.29 is 9.59 Å². The standard InChI is InChI=1S/C20H25N2O/c1-3-12-10-22(2)18-9-15-13-6-4-5-7-17(13)21-20(15)19(22)8-14(12)16(18)11-23/h3-7,14,16,18-19,21,23H,8-11H2,1-2H3/q+1/b12-3-/t14-,16?,18+,19+,22?/m0/s1. The number of aromatic amines is 1. The highest BCUT2D eigenvalue weighted by Gasteiger charge is 2.61. The highest BCUT2D eigenvalue weighted by atomic mass is 16.3. The van der Waals surface area contributed by atoms with Crippen molar-refractivity contribution in [3.8, 4) is 0 Å². The number of hydrogen-bond donors (Lipinski definition) is 2. The number of nitrogens with zero attached hydrogens (tertiary/aromatic N) is 1. The summed E-state index contributed by atoms with van der Waals surface area (Å²) >= 11 is 0. The summed E-state index contributed by atoms with van der Waals surface area (Å²) in [4.78, 5) is 3.75. The molecule has 2 N–H and O–H groups in total. The molecule has 4 bridgehead atoms. The van der Waals surface area contributed by atoms with E-state index in [0.29, 0.717) is 30.5 Å². The Morgan fingerprint density at radius 1 is 1.35 bits per heavy atom. The van der Waals surface area contributed by atoms with Gasteiger partial charge in [0.1, 0.15) is 12.6 Å². The molecule has 3 fully saturated rings. The Hall–Kier alpha value is -1.58. The molecule has 0 radical (unpaired) electrons. The summed E-state index contributed by atoms with van der Waals surface area (Å²) in [7, 11) is 2.42. The Labute approximate surface area is 137 Å². The summed E-state index contributed by atoms with van der Waals surface area (Å²) in [6.07, 6.45) is 4.59. The van der Waals surface area contributed by atoms with E-state index in [0.717, 1.165) is 17.4 Å². The number of para-hydroxylation sites is 1. The number of aliphatic hydroxyl groups is 1. The molecule has 5 heterocycles. The number of rotatable bonds is 1. The molecule has 2 aromatic rings. The molecule has 2 unspecified atom stereocenters. The molecule has 0 saturated carbocycles. The Bertz CT molecular complexity index is 820. The van der Waals surface area contributed by atoms with Crippen LogP contribution in [-0.2, 0) is 6.42 Å². The molecular formula is C20H25N2O+. The number of allylic oxidation sites excluding steroid dienone is 1. The summed E-state index contributed by atoms with van der Waals surface area (Å²) < 4.78 is 1.08. The van der Waals surface area contributed by atoms with Gasteiger partial charge in [0, 0.05) is 35.6 Å². The number of aromatic nitrogens is 1. The summed E-state index contributed by atoms with van der Waals surface area (Å²) in [5, 5.41) is 11.5. The van der Waals surface area contributed by atoms with Crippen molar-refractivity contribution in [2.75, 3.05) is 20.2 Å². The zero-order valence-electron chi connectivity index (χ0n) is 13.9. The third kappa shape index (κ3) is 1.57. The van der Waals surface area contributed by atoms with Crippen LogP contribution < -0.4 is 0 Å². The minimum atomic E-state index is 0.324. The number of nitrogens with one attached hydrogen (secondary N) is 1. The van der Waals surface area contributed by atoms with Gasteiger partial charge in [0.05, 0.1) is 25.4 Å². The molecule has 4 aliphatic heterocycles. The number of hydrogen-bond acceptors (Lipinski definition) is 1. The van der Waals surface area contributed by atoms with Gasteiger partial charge in [-0.05, 0) is 24.1 Å². The molecule has 3 nitrogen and oxygen atoms in total. The average molecular weight is 309 g/mol. The number of quaternary nitrogens is 1. The minimum absolute atomic E-state index is 0.324. The Balaban J connectivity index is 1.73. The molecule has 23 heavy (non-hydrogen) atoms. The Morgan fingerprint density at radius 2 is 2.17 bits per heavy atom. The maximum atomic E-state index is 10.1. The summed E-state index contributed by atoms with van der Waals surface area (Å²) in [5.41, 5.74) is 5.84. The van der Waals surface area contributed by atoms with Gasteiger partial charge in [0.2, 0.25) is 0 Å². The number of fused-ring (bicyclic) bond motifs is 4. The number of benzene rings is 1. The highest BCUT2D eigenvalue weighted by molar-refractivity contribution is 5.85. The first kappa shape index (κ1) is 13.8. The van der Waals surface area contributed by atoms with Crippen molar-refractivity contribution in [3.05, 3.63) is 47.2 Å². The molecule has 0 amide bonds. The van der Waals surface area contributed by atoms with Gasteiger partial charge in [-0.2, -0.15) is 0 Å². The van der Waals surface area contributed by atoms with Crippen molar-refractivity contribution in [3.63, 3.8) is 0 Å². The Kier molecular flexibility index (Phi) is 2.70. The van der Waals surface area contributed by atoms with Crippen LogP contribution >= 0.6 is 0 Å². The third-order valence-corrected chi connectivity index (χ3v) is 7.13. The lowest BCUT2D eigenvalue weighted by Crippen LogP contribution is -2.70. The molecule has 3 saturated heterocycles. The predicted octanol–water partition coefficient (Wildman–Crippen LogP) is 3.17. The largest absolute Gasteiger partial charge is 0.396 e. The summed E-state index contributed by atoms with van der Waals surface area (Å²) in [6, 6.07) is 9.84. The first-order chi connectivity index (χ1) is 11.2. The van der Waals surface area contributed by atoms with Crippen molar-refractivity contribution in [2.24, 2.45) is 11.8 Å². The van der Waals surface area contributed by atoms with Gasteiger partial charge >= 0.3 is 0 Å². The molecular weight excluding hydrogens is 284 g/mol. The van der Waals surface area contributed by atoms with Crippen molar-refractivity contribution in [1.29, 1.82) is 0 Å². The lowest BCUT2D eigenvalue weighted by Gasteiger charge is -2.62. The van der Waals surface area contributed by atoms with Gasteiger partial charge in [-0.3, -0.25) is 0 Å². The molecule has 1 aromatic carbocycles. The van der Waals surface area contributed by atoms with Gasteiger partial charge in [-0.15, -0.1) is 0 Å². The Morgan fingerprint density at radius 3 is 2.96 bits per heavy atom. The molecule has 0 aliphatic carbocycles. The van der Waals surface area contributed by atoms with Crippen LogP contribution in [0.4, 0.5) is 0 Å². The van der Waals surface area contributed by atoms with E-state index in [1.165, 1.54) is 28.6 Å². The van der Waals surface area contributed by atoms with Crippen LogP contribution in [0.15, 0.2) is 35.9 Å². The quantitative estimate of drug-likeness (QED) is 0.616. The van der Waals surface area contributed by atoms with Crippen LogP contribution in [0.1, 0.15) is 30.6 Å². The van der Waals surface area contributed by atoms with Crippen LogP contribution in [0.3, 0.4) is 0 Å². The highest BCUT2D eigenvalue weighted by Crippen LogP contribution is 2.57. The van der Waals surface area contributed by atoms with E-state index in [1.807, 2.05) is 0 Å². The number of likely N-dealkylation sites (N-methyl/N-ethyl adjacent to an activating group) is 1.